The van der Waals surface area contributed by atoms with Crippen molar-refractivity contribution in [1.82, 2.24) is 0 Å². The smallest absolute Gasteiger partial charge is 0.328 e. The van der Waals surface area contributed by atoms with Gasteiger partial charge >= 0.3 is 5.97 Å². The van der Waals surface area contributed by atoms with E-state index in [1.54, 1.807) is 36.4 Å². The number of hydrogen-bond acceptors (Lipinski definition) is 4. The molecule has 0 unspecified atom stereocenters. The lowest BCUT2D eigenvalue weighted by Crippen LogP contribution is -1.97. The second-order valence-electron chi connectivity index (χ2n) is 4.91. The van der Waals surface area contributed by atoms with Crippen LogP contribution < -0.4 is 0 Å². The van der Waals surface area contributed by atoms with Crippen LogP contribution in [-0.2, 0) is 14.6 Å². The van der Waals surface area contributed by atoms with Gasteiger partial charge in [-0.15, -0.1) is 0 Å². The Bertz CT molecular complexity index is 860. The minimum absolute atomic E-state index is 0.242. The van der Waals surface area contributed by atoms with Crippen molar-refractivity contribution in [2.45, 2.75) is 4.90 Å². The highest BCUT2D eigenvalue weighted by Crippen LogP contribution is 2.22. The summed E-state index contributed by atoms with van der Waals surface area (Å²) in [5, 5.41) is 8.50. The van der Waals surface area contributed by atoms with Gasteiger partial charge in [0.15, 0.2) is 15.6 Å². The molecular formula is C17H14O5S. The Hall–Kier alpha value is -2.73. The number of carbonyl (C=O) groups is 2. The van der Waals surface area contributed by atoms with Crippen molar-refractivity contribution in [1.29, 1.82) is 0 Å². The molecule has 0 atom stereocenters. The summed E-state index contributed by atoms with van der Waals surface area (Å²) in [5.74, 6) is -1.58. The summed E-state index contributed by atoms with van der Waals surface area (Å²) >= 11 is 0. The molecule has 0 fully saturated rings. The van der Waals surface area contributed by atoms with Crippen LogP contribution in [0.2, 0.25) is 0 Å². The number of benzene rings is 2. The van der Waals surface area contributed by atoms with E-state index in [9.17, 15) is 18.0 Å². The van der Waals surface area contributed by atoms with Crippen LogP contribution in [0.3, 0.4) is 0 Å². The Labute approximate surface area is 133 Å². The highest BCUT2D eigenvalue weighted by molar-refractivity contribution is 7.90. The molecule has 0 spiro atoms. The summed E-state index contributed by atoms with van der Waals surface area (Å²) in [4.78, 5) is 22.4. The third-order valence-corrected chi connectivity index (χ3v) is 4.29. The fourth-order valence-electron chi connectivity index (χ4n) is 1.96. The molecule has 0 bridgehead atoms. The van der Waals surface area contributed by atoms with Crippen LogP contribution >= 0.6 is 0 Å². The second-order valence-corrected chi connectivity index (χ2v) is 6.93. The molecule has 6 heteroatoms. The first-order valence-electron chi connectivity index (χ1n) is 6.63. The monoisotopic (exact) mass is 330 g/mol. The molecule has 0 heterocycles. The normalized spacial score (nSPS) is 11.5. The van der Waals surface area contributed by atoms with Crippen molar-refractivity contribution in [2.75, 3.05) is 6.26 Å². The van der Waals surface area contributed by atoms with Gasteiger partial charge in [-0.25, -0.2) is 13.2 Å². The van der Waals surface area contributed by atoms with Crippen LogP contribution in [0.5, 0.6) is 0 Å². The molecule has 5 nitrogen and oxygen atoms in total. The number of carbonyl (C=O) groups excluding carboxylic acids is 1. The third kappa shape index (κ3) is 4.37. The molecule has 0 aliphatic heterocycles. The summed E-state index contributed by atoms with van der Waals surface area (Å²) < 4.78 is 22.8. The minimum Gasteiger partial charge on any atom is -0.478 e. The second kappa shape index (κ2) is 6.58. The number of sulfone groups is 1. The molecule has 0 aromatic heterocycles. The standard InChI is InChI=1S/C17H14O5S/c1-23(21,22)15-8-6-13(7-9-15)12-2-4-14(5-3-12)16(18)10-11-17(19)20/h2-11H,1H3,(H,19,20). The number of allylic oxidation sites excluding steroid dienone is 1. The first-order chi connectivity index (χ1) is 10.8. The first kappa shape index (κ1) is 16.6. The van der Waals surface area contributed by atoms with Gasteiger partial charge in [-0.3, -0.25) is 4.79 Å². The average molecular weight is 330 g/mol. The van der Waals surface area contributed by atoms with E-state index < -0.39 is 21.6 Å². The summed E-state index contributed by atoms with van der Waals surface area (Å²) in [7, 11) is -3.23. The van der Waals surface area contributed by atoms with E-state index in [1.807, 2.05) is 0 Å². The van der Waals surface area contributed by atoms with Crippen molar-refractivity contribution in [3.63, 3.8) is 0 Å². The van der Waals surface area contributed by atoms with Crippen LogP contribution in [0.1, 0.15) is 10.4 Å². The van der Waals surface area contributed by atoms with Crippen molar-refractivity contribution >= 4 is 21.6 Å². The van der Waals surface area contributed by atoms with Crippen molar-refractivity contribution in [3.8, 4) is 11.1 Å². The predicted molar refractivity (Wildman–Crippen MR) is 86.1 cm³/mol. The van der Waals surface area contributed by atoms with Gasteiger partial charge in [-0.2, -0.15) is 0 Å². The quantitative estimate of drug-likeness (QED) is 0.672. The molecule has 2 rings (SSSR count). The van der Waals surface area contributed by atoms with Gasteiger partial charge in [0.05, 0.1) is 4.90 Å². The van der Waals surface area contributed by atoms with E-state index in [1.165, 1.54) is 12.1 Å². The minimum atomic E-state index is -3.23. The van der Waals surface area contributed by atoms with Crippen LogP contribution in [0, 0.1) is 0 Å². The molecule has 0 radical (unpaired) electrons. The lowest BCUT2D eigenvalue weighted by molar-refractivity contribution is -0.131. The zero-order valence-corrected chi connectivity index (χ0v) is 13.1. The molecular weight excluding hydrogens is 316 g/mol. The molecule has 0 saturated heterocycles. The Morgan fingerprint density at radius 3 is 1.78 bits per heavy atom. The SMILES string of the molecule is CS(=O)(=O)c1ccc(-c2ccc(C(=O)C=CC(=O)O)cc2)cc1. The Kier molecular flexibility index (Phi) is 4.76. The number of carboxylic acid groups (broad SMARTS) is 1. The highest BCUT2D eigenvalue weighted by Gasteiger charge is 2.07. The average Bonchev–Trinajstić information content (AvgIpc) is 2.52. The first-order valence-corrected chi connectivity index (χ1v) is 8.52. The third-order valence-electron chi connectivity index (χ3n) is 3.16. The largest absolute Gasteiger partial charge is 0.478 e. The number of rotatable bonds is 5. The van der Waals surface area contributed by atoms with Crippen LogP contribution in [0.25, 0.3) is 11.1 Å². The molecule has 1 N–H and O–H groups in total. The summed E-state index contributed by atoms with van der Waals surface area (Å²) in [6.45, 7) is 0. The lowest BCUT2D eigenvalue weighted by Gasteiger charge is -2.04. The molecule has 0 aliphatic rings. The summed E-state index contributed by atoms with van der Waals surface area (Å²) in [6.07, 6.45) is 2.94. The number of hydrogen-bond donors (Lipinski definition) is 1. The summed E-state index contributed by atoms with van der Waals surface area (Å²) in [5.41, 5.74) is 2.01. The molecule has 0 aliphatic carbocycles. The van der Waals surface area contributed by atoms with E-state index >= 15 is 0 Å². The van der Waals surface area contributed by atoms with Crippen molar-refractivity contribution in [2.24, 2.45) is 0 Å². The summed E-state index contributed by atoms with van der Waals surface area (Å²) in [6, 6.07) is 13.1. The molecule has 2 aromatic rings. The van der Waals surface area contributed by atoms with Gasteiger partial charge in [0.1, 0.15) is 0 Å². The van der Waals surface area contributed by atoms with Gasteiger partial charge in [0.2, 0.25) is 0 Å². The topological polar surface area (TPSA) is 88.5 Å². The predicted octanol–water partition coefficient (Wildman–Crippen LogP) is 2.58. The van der Waals surface area contributed by atoms with Crippen LogP contribution in [-0.4, -0.2) is 31.5 Å². The van der Waals surface area contributed by atoms with Gasteiger partial charge in [-0.1, -0.05) is 36.4 Å². The van der Waals surface area contributed by atoms with Gasteiger partial charge in [-0.05, 0) is 29.3 Å². The Balaban J connectivity index is 2.23. The van der Waals surface area contributed by atoms with E-state index in [4.69, 9.17) is 5.11 Å². The van der Waals surface area contributed by atoms with Crippen LogP contribution in [0.15, 0.2) is 65.6 Å². The lowest BCUT2D eigenvalue weighted by atomic mass is 10.0. The zero-order valence-electron chi connectivity index (χ0n) is 12.3. The maximum Gasteiger partial charge on any atom is 0.328 e. The van der Waals surface area contributed by atoms with E-state index in [2.05, 4.69) is 0 Å². The molecule has 0 amide bonds. The van der Waals surface area contributed by atoms with E-state index in [-0.39, 0.29) is 4.90 Å². The number of carboxylic acids is 1. The maximum atomic E-state index is 11.7. The Morgan fingerprint density at radius 1 is 0.870 bits per heavy atom. The Morgan fingerprint density at radius 2 is 1.35 bits per heavy atom. The number of ketones is 1. The van der Waals surface area contributed by atoms with Gasteiger partial charge < -0.3 is 5.11 Å². The number of aliphatic carboxylic acids is 1. The van der Waals surface area contributed by atoms with Crippen LogP contribution in [0.4, 0.5) is 0 Å². The van der Waals surface area contributed by atoms with Crippen molar-refractivity contribution < 1.29 is 23.1 Å². The maximum absolute atomic E-state index is 11.7. The molecule has 23 heavy (non-hydrogen) atoms. The highest BCUT2D eigenvalue weighted by atomic mass is 32.2. The van der Waals surface area contributed by atoms with E-state index in [0.29, 0.717) is 5.56 Å². The molecule has 118 valence electrons. The fourth-order valence-corrected chi connectivity index (χ4v) is 2.60. The zero-order chi connectivity index (χ0) is 17.0. The molecule has 2 aromatic carbocycles. The van der Waals surface area contributed by atoms with Gasteiger partial charge in [0.25, 0.3) is 0 Å². The van der Waals surface area contributed by atoms with Crippen molar-refractivity contribution in [3.05, 3.63) is 66.2 Å². The molecule has 0 saturated carbocycles. The van der Waals surface area contributed by atoms with Gasteiger partial charge in [0, 0.05) is 17.9 Å². The van der Waals surface area contributed by atoms with E-state index in [0.717, 1.165) is 29.5 Å². The fraction of sp³-hybridized carbons (Fsp3) is 0.0588.